The van der Waals surface area contributed by atoms with Crippen LogP contribution in [0.1, 0.15) is 0 Å². The summed E-state index contributed by atoms with van der Waals surface area (Å²) in [5.41, 5.74) is 12.0. The highest BCUT2D eigenvalue weighted by Gasteiger charge is 1.93. The fourth-order valence-electron chi connectivity index (χ4n) is 0.124. The fourth-order valence-corrected chi connectivity index (χ4v) is 0.124. The van der Waals surface area contributed by atoms with Crippen LogP contribution < -0.4 is 11.7 Å². The molecule has 0 aliphatic rings. The van der Waals surface area contributed by atoms with E-state index in [0.717, 1.165) is 12.7 Å². The lowest BCUT2D eigenvalue weighted by Crippen LogP contribution is -2.15. The van der Waals surface area contributed by atoms with Gasteiger partial charge in [0.1, 0.15) is 6.10 Å². The van der Waals surface area contributed by atoms with Gasteiger partial charge in [-0.15, -0.1) is 10.2 Å². The van der Waals surface area contributed by atoms with Gasteiger partial charge in [-0.3, -0.25) is 0 Å². The molecule has 0 amide bonds. The Morgan fingerprint density at radius 3 is 1.31 bits per heavy atom. The van der Waals surface area contributed by atoms with Crippen LogP contribution >= 0.6 is 0 Å². The van der Waals surface area contributed by atoms with Gasteiger partial charge in [0.05, 0.1) is 13.2 Å². The van der Waals surface area contributed by atoms with Crippen LogP contribution in [0.25, 0.3) is 0 Å². The standard InChI is InChI=1S/C3H8O3.2CH4N4/c4-1-3(6)2-5;2*2-4-1-5-3/h3-6H,1-2H2;2*1-2H,3H2. The molecule has 11 heteroatoms. The number of nitrogens with zero attached hydrogens (tertiary/aromatic N) is 4. The van der Waals surface area contributed by atoms with Gasteiger partial charge in [0.25, 0.3) is 0 Å². The first kappa shape index (κ1) is 19.6. The summed E-state index contributed by atoms with van der Waals surface area (Å²) in [6.07, 6.45) is 0.935. The topological polar surface area (TPSA) is 210 Å². The Morgan fingerprint density at radius 1 is 1.00 bits per heavy atom. The highest BCUT2D eigenvalue weighted by molar-refractivity contribution is 5.53. The largest absolute Gasteiger partial charge is 0.394 e. The van der Waals surface area contributed by atoms with Crippen molar-refractivity contribution in [2.45, 2.75) is 6.10 Å². The molecule has 0 saturated heterocycles. The molecule has 0 aromatic heterocycles. The van der Waals surface area contributed by atoms with Gasteiger partial charge in [0.2, 0.25) is 0 Å². The van der Waals surface area contributed by atoms with Crippen molar-refractivity contribution in [3.05, 3.63) is 0 Å². The lowest BCUT2D eigenvalue weighted by atomic mass is 10.4. The molecule has 16 heavy (non-hydrogen) atoms. The van der Waals surface area contributed by atoms with Gasteiger partial charge in [-0.2, -0.15) is 10.2 Å². The summed E-state index contributed by atoms with van der Waals surface area (Å²) in [5.74, 6) is 8.99. The Labute approximate surface area is 91.5 Å². The van der Waals surface area contributed by atoms with Crippen LogP contribution in [0, 0.1) is 11.1 Å². The first-order valence-electron chi connectivity index (χ1n) is 3.70. The minimum atomic E-state index is -0.954. The van der Waals surface area contributed by atoms with Gasteiger partial charge in [-0.05, 0) is 0 Å². The molecule has 0 saturated carbocycles. The Hall–Kier alpha value is -1.98. The molecule has 0 atom stereocenters. The van der Waals surface area contributed by atoms with Gasteiger partial charge in [0, 0.05) is 0 Å². The number of hydrogen-bond acceptors (Lipinski definition) is 9. The third-order valence-electron chi connectivity index (χ3n) is 0.670. The second-order valence-corrected chi connectivity index (χ2v) is 1.81. The van der Waals surface area contributed by atoms with E-state index in [-0.39, 0.29) is 13.2 Å². The van der Waals surface area contributed by atoms with E-state index in [4.69, 9.17) is 26.4 Å². The molecule has 0 aromatic rings. The van der Waals surface area contributed by atoms with E-state index in [0.29, 0.717) is 0 Å². The van der Waals surface area contributed by atoms with E-state index in [1.165, 1.54) is 0 Å². The third kappa shape index (κ3) is 40.3. The lowest BCUT2D eigenvalue weighted by Gasteiger charge is -1.96. The molecule has 0 rings (SSSR count). The van der Waals surface area contributed by atoms with Crippen molar-refractivity contribution < 1.29 is 15.3 Å². The highest BCUT2D eigenvalue weighted by Crippen LogP contribution is 1.71. The Bertz CT molecular complexity index is 176. The maximum Gasteiger partial charge on any atom is 0.156 e. The first-order valence-corrected chi connectivity index (χ1v) is 3.70. The number of hydrogen-bond donors (Lipinski definition) is 7. The summed E-state index contributed by atoms with van der Waals surface area (Å²) in [7, 11) is 0. The lowest BCUT2D eigenvalue weighted by molar-refractivity contribution is 0.0450. The normalized spacial score (nSPS) is 9.25. The van der Waals surface area contributed by atoms with Crippen LogP contribution in [0.3, 0.4) is 0 Å². The minimum absolute atomic E-state index is 0.365. The molecular formula is C5H16N8O3. The number of nitrogens with one attached hydrogen (secondary N) is 2. The smallest absolute Gasteiger partial charge is 0.156 e. The molecule has 0 aromatic carbocycles. The molecule has 0 unspecified atom stereocenters. The van der Waals surface area contributed by atoms with Gasteiger partial charge in [0.15, 0.2) is 12.7 Å². The van der Waals surface area contributed by atoms with E-state index < -0.39 is 6.10 Å². The van der Waals surface area contributed by atoms with Crippen LogP contribution in [-0.4, -0.2) is 47.3 Å². The zero-order valence-electron chi connectivity index (χ0n) is 8.43. The molecule has 11 nitrogen and oxygen atoms in total. The van der Waals surface area contributed by atoms with Crippen LogP contribution in [0.4, 0.5) is 0 Å². The van der Waals surface area contributed by atoms with Crippen molar-refractivity contribution >= 4 is 12.7 Å². The van der Waals surface area contributed by atoms with Crippen molar-refractivity contribution in [1.29, 1.82) is 11.1 Å². The Balaban J connectivity index is -0.000000160. The Morgan fingerprint density at radius 2 is 1.31 bits per heavy atom. The number of hydrazone groups is 2. The van der Waals surface area contributed by atoms with Crippen LogP contribution in [0.2, 0.25) is 0 Å². The molecule has 0 fully saturated rings. The zero-order chi connectivity index (χ0) is 13.2. The monoisotopic (exact) mass is 236 g/mol. The second kappa shape index (κ2) is 23.1. The van der Waals surface area contributed by atoms with Crippen molar-refractivity contribution in [2.24, 2.45) is 32.1 Å². The number of rotatable bonds is 4. The molecule has 0 aliphatic carbocycles. The molecule has 0 spiro atoms. The summed E-state index contributed by atoms with van der Waals surface area (Å²) in [6, 6.07) is 0. The summed E-state index contributed by atoms with van der Waals surface area (Å²) in [5, 5.41) is 35.1. The van der Waals surface area contributed by atoms with Gasteiger partial charge in [-0.25, -0.2) is 11.1 Å². The van der Waals surface area contributed by atoms with Crippen LogP contribution in [0.15, 0.2) is 20.4 Å². The maximum atomic E-state index is 8.17. The molecule has 0 radical (unpaired) electrons. The number of aliphatic hydroxyl groups is 3. The SMILES string of the molecule is N=NC=NN.N=NC=NN.OCC(O)CO. The van der Waals surface area contributed by atoms with Crippen molar-refractivity contribution in [1.82, 2.24) is 0 Å². The fraction of sp³-hybridized carbons (Fsp3) is 0.600. The van der Waals surface area contributed by atoms with Gasteiger partial charge >= 0.3 is 0 Å². The van der Waals surface area contributed by atoms with E-state index in [1.54, 1.807) is 0 Å². The average molecular weight is 236 g/mol. The molecule has 0 heterocycles. The summed E-state index contributed by atoms with van der Waals surface area (Å²) in [6.45, 7) is -0.729. The average Bonchev–Trinajstić information content (AvgIpc) is 2.32. The molecule has 94 valence electrons. The van der Waals surface area contributed by atoms with Crippen LogP contribution in [-0.2, 0) is 0 Å². The third-order valence-corrected chi connectivity index (χ3v) is 0.670. The number of nitrogens with two attached hydrogens (primary N) is 2. The minimum Gasteiger partial charge on any atom is -0.394 e. The zero-order valence-corrected chi connectivity index (χ0v) is 8.43. The summed E-state index contributed by atoms with van der Waals surface area (Å²) < 4.78 is 0. The predicted molar refractivity (Wildman–Crippen MR) is 55.8 cm³/mol. The van der Waals surface area contributed by atoms with Crippen molar-refractivity contribution in [3.63, 3.8) is 0 Å². The highest BCUT2D eigenvalue weighted by atomic mass is 16.3. The molecular weight excluding hydrogens is 220 g/mol. The molecule has 9 N–H and O–H groups in total. The van der Waals surface area contributed by atoms with Crippen LogP contribution in [0.5, 0.6) is 0 Å². The van der Waals surface area contributed by atoms with E-state index in [9.17, 15) is 0 Å². The van der Waals surface area contributed by atoms with Gasteiger partial charge < -0.3 is 27.0 Å². The second-order valence-electron chi connectivity index (χ2n) is 1.81. The van der Waals surface area contributed by atoms with E-state index in [2.05, 4.69) is 32.1 Å². The Kier molecular flexibility index (Phi) is 28.3. The van der Waals surface area contributed by atoms with Crippen molar-refractivity contribution in [3.8, 4) is 0 Å². The van der Waals surface area contributed by atoms with E-state index in [1.807, 2.05) is 0 Å². The molecule has 0 bridgehead atoms. The summed E-state index contributed by atoms with van der Waals surface area (Å²) >= 11 is 0. The first-order chi connectivity index (χ1) is 7.64. The molecule has 0 aliphatic heterocycles. The quantitative estimate of drug-likeness (QED) is 0.0983. The summed E-state index contributed by atoms with van der Waals surface area (Å²) in [4.78, 5) is 0. The maximum absolute atomic E-state index is 8.17. The van der Waals surface area contributed by atoms with Crippen molar-refractivity contribution in [2.75, 3.05) is 13.2 Å². The van der Waals surface area contributed by atoms with Gasteiger partial charge in [-0.1, -0.05) is 0 Å². The van der Waals surface area contributed by atoms with E-state index >= 15 is 0 Å². The predicted octanol–water partition coefficient (Wildman–Crippen LogP) is -1.83. The number of aliphatic hydroxyl groups excluding tert-OH is 3.